The van der Waals surface area contributed by atoms with Crippen LogP contribution in [0.1, 0.15) is 44.9 Å². The molecule has 0 aromatic carbocycles. The Morgan fingerprint density at radius 3 is 2.61 bits per heavy atom. The maximum atomic E-state index is 6.55. The predicted octanol–water partition coefficient (Wildman–Crippen LogP) is 6.12. The van der Waals surface area contributed by atoms with E-state index >= 15 is 0 Å². The number of thiophene rings is 1. The fourth-order valence-electron chi connectivity index (χ4n) is 2.94. The quantitative estimate of drug-likeness (QED) is 0.564. The Kier molecular flexibility index (Phi) is 4.83. The number of rotatable bonds is 2. The first-order valence-electron chi connectivity index (χ1n) is 6.74. The molecular weight excluding hydrogens is 328 g/mol. The van der Waals surface area contributed by atoms with E-state index in [-0.39, 0.29) is 0 Å². The molecule has 0 radical (unpaired) electrons. The monoisotopic (exact) mass is 348 g/mol. The van der Waals surface area contributed by atoms with Gasteiger partial charge in [-0.2, -0.15) is 0 Å². The molecule has 1 aromatic rings. The molecule has 0 saturated heterocycles. The number of halogens is 2. The molecule has 102 valence electrons. The van der Waals surface area contributed by atoms with Gasteiger partial charge in [-0.3, -0.25) is 0 Å². The van der Waals surface area contributed by atoms with Crippen LogP contribution in [0.15, 0.2) is 15.9 Å². The van der Waals surface area contributed by atoms with Crippen molar-refractivity contribution < 1.29 is 0 Å². The van der Waals surface area contributed by atoms with Crippen LogP contribution in [0.25, 0.3) is 0 Å². The molecular formula is C15H22BrClS. The Hall–Kier alpha value is 0.470. The molecule has 1 saturated carbocycles. The van der Waals surface area contributed by atoms with Gasteiger partial charge in [0.1, 0.15) is 0 Å². The number of alkyl halides is 1. The standard InChI is InChI=1S/C15H22BrClS/c1-15(2,3)11-4-6-13(17)10(8-11)9-12-5-7-14(16)18-12/h5,7,10-11,13H,4,6,8-9H2,1-3H3. The summed E-state index contributed by atoms with van der Waals surface area (Å²) >= 11 is 11.9. The highest BCUT2D eigenvalue weighted by Crippen LogP contribution is 2.43. The molecule has 1 aliphatic rings. The van der Waals surface area contributed by atoms with Crippen LogP contribution >= 0.6 is 38.9 Å². The van der Waals surface area contributed by atoms with E-state index in [0.29, 0.717) is 16.7 Å². The molecule has 1 fully saturated rings. The lowest BCUT2D eigenvalue weighted by atomic mass is 9.68. The lowest BCUT2D eigenvalue weighted by Gasteiger charge is -2.40. The van der Waals surface area contributed by atoms with Gasteiger partial charge in [-0.15, -0.1) is 22.9 Å². The average Bonchev–Trinajstić information content (AvgIpc) is 2.66. The van der Waals surface area contributed by atoms with Crippen molar-refractivity contribution in [3.63, 3.8) is 0 Å². The zero-order valence-corrected chi connectivity index (χ0v) is 14.5. The first-order valence-corrected chi connectivity index (χ1v) is 8.79. The number of hydrogen-bond donors (Lipinski definition) is 0. The van der Waals surface area contributed by atoms with Crippen LogP contribution in [-0.4, -0.2) is 5.38 Å². The fraction of sp³-hybridized carbons (Fsp3) is 0.733. The zero-order valence-electron chi connectivity index (χ0n) is 11.4. The third-order valence-electron chi connectivity index (χ3n) is 4.21. The van der Waals surface area contributed by atoms with Crippen LogP contribution < -0.4 is 0 Å². The van der Waals surface area contributed by atoms with E-state index in [1.54, 1.807) is 0 Å². The molecule has 3 atom stereocenters. The van der Waals surface area contributed by atoms with Crippen molar-refractivity contribution in [1.82, 2.24) is 0 Å². The topological polar surface area (TPSA) is 0 Å². The van der Waals surface area contributed by atoms with Crippen molar-refractivity contribution in [3.05, 3.63) is 20.8 Å². The molecule has 0 spiro atoms. The first-order chi connectivity index (χ1) is 8.36. The van der Waals surface area contributed by atoms with Crippen LogP contribution in [0.3, 0.4) is 0 Å². The third-order valence-corrected chi connectivity index (χ3v) is 6.43. The van der Waals surface area contributed by atoms with Gasteiger partial charge in [0.2, 0.25) is 0 Å². The van der Waals surface area contributed by atoms with Crippen molar-refractivity contribution in [1.29, 1.82) is 0 Å². The highest BCUT2D eigenvalue weighted by Gasteiger charge is 2.35. The summed E-state index contributed by atoms with van der Waals surface area (Å²) in [4.78, 5) is 1.46. The predicted molar refractivity (Wildman–Crippen MR) is 85.7 cm³/mol. The van der Waals surface area contributed by atoms with Gasteiger partial charge in [-0.25, -0.2) is 0 Å². The average molecular weight is 350 g/mol. The Balaban J connectivity index is 2.02. The van der Waals surface area contributed by atoms with Gasteiger partial charge >= 0.3 is 0 Å². The van der Waals surface area contributed by atoms with Crippen molar-refractivity contribution in [3.8, 4) is 0 Å². The highest BCUT2D eigenvalue weighted by molar-refractivity contribution is 9.11. The Morgan fingerprint density at radius 1 is 1.33 bits per heavy atom. The highest BCUT2D eigenvalue weighted by atomic mass is 79.9. The summed E-state index contributed by atoms with van der Waals surface area (Å²) in [6.07, 6.45) is 4.91. The second kappa shape index (κ2) is 5.85. The van der Waals surface area contributed by atoms with E-state index in [1.807, 2.05) is 11.3 Å². The van der Waals surface area contributed by atoms with E-state index in [9.17, 15) is 0 Å². The van der Waals surface area contributed by atoms with Gasteiger partial charge in [0.25, 0.3) is 0 Å². The molecule has 3 heteroatoms. The van der Waals surface area contributed by atoms with Gasteiger partial charge in [0, 0.05) is 10.3 Å². The fourth-order valence-corrected chi connectivity index (χ4v) is 4.84. The molecule has 0 aliphatic heterocycles. The van der Waals surface area contributed by atoms with Gasteiger partial charge in [0.15, 0.2) is 0 Å². The molecule has 0 amide bonds. The Bertz CT molecular complexity index is 393. The smallest absolute Gasteiger partial charge is 0.0701 e. The van der Waals surface area contributed by atoms with E-state index in [1.165, 1.54) is 27.9 Å². The molecule has 0 bridgehead atoms. The lowest BCUT2D eigenvalue weighted by Crippen LogP contribution is -2.33. The molecule has 0 nitrogen and oxygen atoms in total. The summed E-state index contributed by atoms with van der Waals surface area (Å²) in [5.74, 6) is 1.47. The molecule has 18 heavy (non-hydrogen) atoms. The summed E-state index contributed by atoms with van der Waals surface area (Å²) in [6, 6.07) is 4.38. The summed E-state index contributed by atoms with van der Waals surface area (Å²) in [5, 5.41) is 0.365. The minimum Gasteiger partial charge on any atom is -0.133 e. The van der Waals surface area contributed by atoms with Gasteiger partial charge in [-0.05, 0) is 71.0 Å². The van der Waals surface area contributed by atoms with Gasteiger partial charge in [0.05, 0.1) is 3.79 Å². The van der Waals surface area contributed by atoms with Crippen molar-refractivity contribution in [2.75, 3.05) is 0 Å². The summed E-state index contributed by atoms with van der Waals surface area (Å²) < 4.78 is 1.23. The molecule has 1 aliphatic carbocycles. The maximum Gasteiger partial charge on any atom is 0.0701 e. The largest absolute Gasteiger partial charge is 0.133 e. The van der Waals surface area contributed by atoms with Crippen molar-refractivity contribution in [2.45, 2.75) is 51.8 Å². The second-order valence-electron chi connectivity index (χ2n) is 6.56. The summed E-state index contributed by atoms with van der Waals surface area (Å²) in [7, 11) is 0. The van der Waals surface area contributed by atoms with Gasteiger partial charge < -0.3 is 0 Å². The van der Waals surface area contributed by atoms with E-state index in [2.05, 4.69) is 48.8 Å². The van der Waals surface area contributed by atoms with Crippen LogP contribution in [0.4, 0.5) is 0 Å². The van der Waals surface area contributed by atoms with E-state index in [0.717, 1.165) is 12.3 Å². The van der Waals surface area contributed by atoms with Crippen LogP contribution in [-0.2, 0) is 6.42 Å². The van der Waals surface area contributed by atoms with Crippen LogP contribution in [0.5, 0.6) is 0 Å². The maximum absolute atomic E-state index is 6.55. The van der Waals surface area contributed by atoms with Crippen LogP contribution in [0, 0.1) is 17.3 Å². The van der Waals surface area contributed by atoms with Crippen molar-refractivity contribution in [2.24, 2.45) is 17.3 Å². The molecule has 0 N–H and O–H groups in total. The Labute approximate surface area is 128 Å². The molecule has 3 unspecified atom stereocenters. The van der Waals surface area contributed by atoms with Crippen LogP contribution in [0.2, 0.25) is 0 Å². The third kappa shape index (κ3) is 3.74. The minimum absolute atomic E-state index is 0.365. The van der Waals surface area contributed by atoms with Gasteiger partial charge in [-0.1, -0.05) is 20.8 Å². The summed E-state index contributed by atoms with van der Waals surface area (Å²) in [6.45, 7) is 7.10. The van der Waals surface area contributed by atoms with E-state index in [4.69, 9.17) is 11.6 Å². The second-order valence-corrected chi connectivity index (χ2v) is 9.67. The zero-order chi connectivity index (χ0) is 13.3. The SMILES string of the molecule is CC(C)(C)C1CCC(Cl)C(Cc2ccc(Br)s2)C1. The molecule has 1 heterocycles. The summed E-state index contributed by atoms with van der Waals surface area (Å²) in [5.41, 5.74) is 0.422. The molecule has 1 aromatic heterocycles. The lowest BCUT2D eigenvalue weighted by molar-refractivity contribution is 0.144. The minimum atomic E-state index is 0.365. The van der Waals surface area contributed by atoms with E-state index < -0.39 is 0 Å². The Morgan fingerprint density at radius 2 is 2.06 bits per heavy atom. The normalized spacial score (nSPS) is 29.5. The van der Waals surface area contributed by atoms with Crippen molar-refractivity contribution >= 4 is 38.9 Å². The molecule has 2 rings (SSSR count). The number of hydrogen-bond acceptors (Lipinski definition) is 1. The first kappa shape index (κ1) is 14.9.